The molecule has 8 nitrogen and oxygen atoms in total. The molecule has 0 atom stereocenters. The summed E-state index contributed by atoms with van der Waals surface area (Å²) in [4.78, 5) is 17.3. The number of carbonyl (C=O) groups excluding carboxylic acids is 1. The fraction of sp³-hybridized carbons (Fsp3) is 0.312. The molecule has 2 heterocycles. The van der Waals surface area contributed by atoms with Crippen molar-refractivity contribution in [3.63, 3.8) is 0 Å². The highest BCUT2D eigenvalue weighted by molar-refractivity contribution is 5.90. The minimum atomic E-state index is -0.237. The summed E-state index contributed by atoms with van der Waals surface area (Å²) in [6.45, 7) is 5.64. The van der Waals surface area contributed by atoms with E-state index in [9.17, 15) is 4.79 Å². The number of rotatable bonds is 8. The molecule has 3 aromatic carbocycles. The lowest BCUT2D eigenvalue weighted by atomic mass is 9.91. The minimum Gasteiger partial charge on any atom is -0.493 e. The molecule has 40 heavy (non-hydrogen) atoms. The summed E-state index contributed by atoms with van der Waals surface area (Å²) in [7, 11) is 3.20. The number of carbonyl (C=O) groups is 1. The second-order valence-corrected chi connectivity index (χ2v) is 10.2. The van der Waals surface area contributed by atoms with Gasteiger partial charge in [0, 0.05) is 36.4 Å². The van der Waals surface area contributed by atoms with E-state index in [-0.39, 0.29) is 6.03 Å². The Morgan fingerprint density at radius 2 is 1.62 bits per heavy atom. The van der Waals surface area contributed by atoms with Gasteiger partial charge in [0.1, 0.15) is 11.5 Å². The second-order valence-electron chi connectivity index (χ2n) is 10.2. The first-order valence-electron chi connectivity index (χ1n) is 13.6. The number of hydrogen-bond donors (Lipinski definition) is 2. The van der Waals surface area contributed by atoms with E-state index in [1.165, 1.54) is 5.56 Å². The Hall–Kier alpha value is -4.30. The molecule has 208 valence electrons. The maximum atomic E-state index is 12.8. The maximum absolute atomic E-state index is 12.8. The standard InChI is InChI=1S/C32H36N4O4/c1-21-22(2)28(40-29-12-15-33-27-20-31(39-4)30(38-3)19-25(27)29)11-10-26(21)34-32(37)35-36-16-13-24(14-17-36)18-23-8-6-5-7-9-23/h5-12,15,19-20,24H,13-14,16-18H2,1-4H3,(H2,34,35,37). The maximum Gasteiger partial charge on any atom is 0.333 e. The number of nitrogens with one attached hydrogen (secondary N) is 2. The van der Waals surface area contributed by atoms with Gasteiger partial charge in [-0.2, -0.15) is 0 Å². The van der Waals surface area contributed by atoms with E-state index in [4.69, 9.17) is 14.2 Å². The van der Waals surface area contributed by atoms with Gasteiger partial charge in [-0.3, -0.25) is 10.4 Å². The van der Waals surface area contributed by atoms with E-state index in [1.54, 1.807) is 20.4 Å². The number of pyridine rings is 1. The van der Waals surface area contributed by atoms with Crippen molar-refractivity contribution in [2.24, 2.45) is 5.92 Å². The molecule has 2 amide bonds. The smallest absolute Gasteiger partial charge is 0.333 e. The number of aromatic nitrogens is 1. The van der Waals surface area contributed by atoms with E-state index < -0.39 is 0 Å². The zero-order valence-electron chi connectivity index (χ0n) is 23.5. The van der Waals surface area contributed by atoms with Crippen LogP contribution in [0.5, 0.6) is 23.0 Å². The first kappa shape index (κ1) is 27.3. The Balaban J connectivity index is 1.21. The van der Waals surface area contributed by atoms with Gasteiger partial charge in [0.05, 0.1) is 19.7 Å². The summed E-state index contributed by atoms with van der Waals surface area (Å²) in [6.07, 6.45) is 4.91. The highest BCUT2D eigenvalue weighted by atomic mass is 16.5. The van der Waals surface area contributed by atoms with E-state index in [0.29, 0.717) is 28.9 Å². The van der Waals surface area contributed by atoms with Gasteiger partial charge in [-0.1, -0.05) is 30.3 Å². The fourth-order valence-electron chi connectivity index (χ4n) is 5.19. The topological polar surface area (TPSA) is 85.0 Å². The van der Waals surface area contributed by atoms with E-state index in [0.717, 1.165) is 60.1 Å². The predicted octanol–water partition coefficient (Wildman–Crippen LogP) is 6.65. The third-order valence-electron chi connectivity index (χ3n) is 7.65. The number of fused-ring (bicyclic) bond motifs is 1. The van der Waals surface area contributed by atoms with Crippen LogP contribution in [-0.4, -0.2) is 43.3 Å². The van der Waals surface area contributed by atoms with Crippen molar-refractivity contribution >= 4 is 22.6 Å². The lowest BCUT2D eigenvalue weighted by Gasteiger charge is -2.32. The van der Waals surface area contributed by atoms with Crippen LogP contribution in [0.15, 0.2) is 66.9 Å². The average molecular weight is 541 g/mol. The van der Waals surface area contributed by atoms with Crippen LogP contribution in [-0.2, 0) is 6.42 Å². The van der Waals surface area contributed by atoms with E-state index in [2.05, 4.69) is 46.1 Å². The second kappa shape index (κ2) is 12.3. The number of hydrogen-bond acceptors (Lipinski definition) is 6. The Kier molecular flexibility index (Phi) is 8.36. The lowest BCUT2D eigenvalue weighted by molar-refractivity contribution is 0.135. The van der Waals surface area contributed by atoms with Crippen LogP contribution in [0.25, 0.3) is 10.9 Å². The molecule has 8 heteroatoms. The van der Waals surface area contributed by atoms with Crippen molar-refractivity contribution < 1.29 is 19.0 Å². The zero-order valence-corrected chi connectivity index (χ0v) is 23.5. The molecule has 0 bridgehead atoms. The Labute approximate surface area is 235 Å². The highest BCUT2D eigenvalue weighted by Gasteiger charge is 2.21. The van der Waals surface area contributed by atoms with E-state index in [1.807, 2.05) is 49.2 Å². The third kappa shape index (κ3) is 6.13. The van der Waals surface area contributed by atoms with Crippen LogP contribution in [0, 0.1) is 19.8 Å². The molecule has 0 spiro atoms. The van der Waals surface area contributed by atoms with Gasteiger partial charge in [-0.05, 0) is 80.0 Å². The van der Waals surface area contributed by atoms with Crippen molar-refractivity contribution in [1.82, 2.24) is 15.4 Å². The number of anilines is 1. The molecule has 2 N–H and O–H groups in total. The monoisotopic (exact) mass is 540 g/mol. The van der Waals surface area contributed by atoms with Gasteiger partial charge in [0.15, 0.2) is 11.5 Å². The highest BCUT2D eigenvalue weighted by Crippen LogP contribution is 2.38. The van der Waals surface area contributed by atoms with Crippen molar-refractivity contribution in [3.8, 4) is 23.0 Å². The summed E-state index contributed by atoms with van der Waals surface area (Å²) in [6, 6.07) is 19.6. The van der Waals surface area contributed by atoms with Crippen LogP contribution in [0.1, 0.15) is 29.5 Å². The van der Waals surface area contributed by atoms with Crippen LogP contribution >= 0.6 is 0 Å². The fourth-order valence-corrected chi connectivity index (χ4v) is 5.19. The Morgan fingerprint density at radius 3 is 2.35 bits per heavy atom. The first-order chi connectivity index (χ1) is 19.4. The molecule has 4 aromatic rings. The van der Waals surface area contributed by atoms with E-state index >= 15 is 0 Å². The number of amides is 2. The van der Waals surface area contributed by atoms with Gasteiger partial charge in [-0.25, -0.2) is 9.80 Å². The minimum absolute atomic E-state index is 0.237. The summed E-state index contributed by atoms with van der Waals surface area (Å²) >= 11 is 0. The van der Waals surface area contributed by atoms with Crippen LogP contribution in [0.2, 0.25) is 0 Å². The summed E-state index contributed by atoms with van der Waals surface area (Å²) in [5.74, 6) is 3.21. The molecule has 0 radical (unpaired) electrons. The predicted molar refractivity (Wildman–Crippen MR) is 157 cm³/mol. The molecule has 1 saturated heterocycles. The van der Waals surface area contributed by atoms with Crippen molar-refractivity contribution in [2.75, 3.05) is 32.6 Å². The summed E-state index contributed by atoms with van der Waals surface area (Å²) < 4.78 is 17.2. The summed E-state index contributed by atoms with van der Waals surface area (Å²) in [5.41, 5.74) is 7.75. The van der Waals surface area contributed by atoms with Gasteiger partial charge in [0.2, 0.25) is 0 Å². The molecule has 5 rings (SSSR count). The number of benzene rings is 3. The largest absolute Gasteiger partial charge is 0.493 e. The lowest BCUT2D eigenvalue weighted by Crippen LogP contribution is -2.48. The van der Waals surface area contributed by atoms with Crippen LogP contribution in [0.4, 0.5) is 10.5 Å². The van der Waals surface area contributed by atoms with Gasteiger partial charge in [0.25, 0.3) is 0 Å². The number of hydrazine groups is 1. The van der Waals surface area contributed by atoms with Gasteiger partial charge >= 0.3 is 6.03 Å². The Bertz CT molecular complexity index is 1480. The molecule has 0 saturated carbocycles. The number of piperidine rings is 1. The molecule has 0 aliphatic carbocycles. The molecule has 0 unspecified atom stereocenters. The number of nitrogens with zero attached hydrogens (tertiary/aromatic N) is 2. The number of ether oxygens (including phenoxy) is 3. The van der Waals surface area contributed by atoms with Gasteiger partial charge in [-0.15, -0.1) is 0 Å². The number of urea groups is 1. The SMILES string of the molecule is COc1cc2nccc(Oc3ccc(NC(=O)NN4CCC(Cc5ccccc5)CC4)c(C)c3C)c2cc1OC. The molecule has 1 aliphatic rings. The molecule has 1 fully saturated rings. The third-order valence-corrected chi connectivity index (χ3v) is 7.65. The normalized spacial score (nSPS) is 14.1. The number of methoxy groups -OCH3 is 2. The quantitative estimate of drug-likeness (QED) is 0.260. The first-order valence-corrected chi connectivity index (χ1v) is 13.6. The van der Waals surface area contributed by atoms with Gasteiger partial charge < -0.3 is 19.5 Å². The summed E-state index contributed by atoms with van der Waals surface area (Å²) in [5, 5.41) is 5.83. The van der Waals surface area contributed by atoms with Crippen LogP contribution in [0.3, 0.4) is 0 Å². The van der Waals surface area contributed by atoms with Crippen molar-refractivity contribution in [1.29, 1.82) is 0 Å². The molecular formula is C32H36N4O4. The molecule has 1 aliphatic heterocycles. The molecule has 1 aromatic heterocycles. The molecular weight excluding hydrogens is 504 g/mol. The average Bonchev–Trinajstić information content (AvgIpc) is 2.98. The zero-order chi connectivity index (χ0) is 28.1. The van der Waals surface area contributed by atoms with Crippen molar-refractivity contribution in [3.05, 3.63) is 83.6 Å². The van der Waals surface area contributed by atoms with Crippen LogP contribution < -0.4 is 25.0 Å². The van der Waals surface area contributed by atoms with Crippen molar-refractivity contribution in [2.45, 2.75) is 33.1 Å². The Morgan fingerprint density at radius 1 is 0.900 bits per heavy atom.